The molecule has 4 nitrogen and oxygen atoms in total. The van der Waals surface area contributed by atoms with Crippen molar-refractivity contribution >= 4 is 33.5 Å². The summed E-state index contributed by atoms with van der Waals surface area (Å²) in [7, 11) is 0. The fourth-order valence-electron chi connectivity index (χ4n) is 2.58. The van der Waals surface area contributed by atoms with Gasteiger partial charge >= 0.3 is 0 Å². The van der Waals surface area contributed by atoms with E-state index in [0.717, 1.165) is 34.3 Å². The molecule has 5 heteroatoms. The van der Waals surface area contributed by atoms with Gasteiger partial charge in [0.1, 0.15) is 5.84 Å². The summed E-state index contributed by atoms with van der Waals surface area (Å²) in [6.07, 6.45) is 7.80. The second kappa shape index (κ2) is 5.32. The van der Waals surface area contributed by atoms with Crippen LogP contribution in [0.2, 0.25) is 0 Å². The first-order valence-corrected chi connectivity index (χ1v) is 8.11. The third-order valence-electron chi connectivity index (χ3n) is 3.93. The summed E-state index contributed by atoms with van der Waals surface area (Å²) in [5, 5.41) is 0. The number of rotatable bonds is 1. The molecule has 2 heterocycles. The van der Waals surface area contributed by atoms with Gasteiger partial charge in [0, 0.05) is 28.7 Å². The number of amidine groups is 2. The molecule has 1 aromatic carbocycles. The molecule has 0 spiro atoms. The Kier molecular flexibility index (Phi) is 3.30. The van der Waals surface area contributed by atoms with Crippen molar-refractivity contribution in [3.8, 4) is 0 Å². The number of amides is 1. The van der Waals surface area contributed by atoms with Crippen LogP contribution in [-0.4, -0.2) is 22.5 Å². The SMILES string of the molecule is O=C(N=C1N=C2C=CC(Br)=CN2Cc2ccccc21)C1CC1. The van der Waals surface area contributed by atoms with Crippen LogP contribution in [0.15, 0.2) is 57.1 Å². The first-order valence-electron chi connectivity index (χ1n) is 7.32. The summed E-state index contributed by atoms with van der Waals surface area (Å²) < 4.78 is 0.998. The first kappa shape index (κ1) is 13.6. The second-order valence-corrected chi connectivity index (χ2v) is 6.57. The van der Waals surface area contributed by atoms with E-state index in [-0.39, 0.29) is 11.8 Å². The number of fused-ring (bicyclic) bond motifs is 2. The third kappa shape index (κ3) is 2.57. The summed E-state index contributed by atoms with van der Waals surface area (Å²) in [4.78, 5) is 23.1. The van der Waals surface area contributed by atoms with Gasteiger partial charge in [0.05, 0.1) is 0 Å². The molecule has 1 amide bonds. The van der Waals surface area contributed by atoms with E-state index in [1.807, 2.05) is 36.6 Å². The summed E-state index contributed by atoms with van der Waals surface area (Å²) >= 11 is 3.49. The molecule has 22 heavy (non-hydrogen) atoms. The van der Waals surface area contributed by atoms with Gasteiger partial charge in [-0.3, -0.25) is 4.79 Å². The zero-order valence-electron chi connectivity index (χ0n) is 11.9. The molecule has 110 valence electrons. The summed E-state index contributed by atoms with van der Waals surface area (Å²) in [5.41, 5.74) is 2.06. The fraction of sp³-hybridized carbons (Fsp3) is 0.235. The number of nitrogens with zero attached hydrogens (tertiary/aromatic N) is 3. The van der Waals surface area contributed by atoms with Crippen molar-refractivity contribution in [2.45, 2.75) is 19.4 Å². The molecular weight excluding hydrogens is 342 g/mol. The Morgan fingerprint density at radius 1 is 1.27 bits per heavy atom. The summed E-state index contributed by atoms with van der Waals surface area (Å²) in [6, 6.07) is 8.01. The number of allylic oxidation sites excluding steroid dienone is 2. The van der Waals surface area contributed by atoms with Crippen molar-refractivity contribution in [3.05, 3.63) is 58.2 Å². The standard InChI is InChI=1S/C17H14BrN3O/c18-13-7-8-15-19-16(20-17(22)11-5-6-11)14-4-2-1-3-12(14)9-21(15)10-13/h1-4,7-8,10-11H,5-6,9H2. The monoisotopic (exact) mass is 355 g/mol. The minimum Gasteiger partial charge on any atom is -0.327 e. The van der Waals surface area contributed by atoms with Crippen molar-refractivity contribution < 1.29 is 4.79 Å². The van der Waals surface area contributed by atoms with Gasteiger partial charge in [-0.15, -0.1) is 0 Å². The lowest BCUT2D eigenvalue weighted by Gasteiger charge is -2.21. The van der Waals surface area contributed by atoms with Gasteiger partial charge in [0.15, 0.2) is 5.84 Å². The minimum atomic E-state index is -0.0425. The van der Waals surface area contributed by atoms with E-state index in [4.69, 9.17) is 0 Å². The van der Waals surface area contributed by atoms with E-state index in [0.29, 0.717) is 12.4 Å². The van der Waals surface area contributed by atoms with E-state index < -0.39 is 0 Å². The lowest BCUT2D eigenvalue weighted by atomic mass is 10.1. The molecule has 4 rings (SSSR count). The number of hydrogen-bond donors (Lipinski definition) is 0. The average molecular weight is 356 g/mol. The van der Waals surface area contributed by atoms with E-state index in [1.54, 1.807) is 0 Å². The molecule has 1 fully saturated rings. The molecule has 2 aliphatic heterocycles. The highest BCUT2D eigenvalue weighted by Crippen LogP contribution is 2.31. The molecule has 1 aliphatic carbocycles. The highest BCUT2D eigenvalue weighted by Gasteiger charge is 2.30. The van der Waals surface area contributed by atoms with E-state index in [2.05, 4.69) is 36.9 Å². The number of carbonyl (C=O) groups excluding carboxylic acids is 1. The van der Waals surface area contributed by atoms with Gasteiger partial charge in [-0.1, -0.05) is 24.3 Å². The zero-order chi connectivity index (χ0) is 15.1. The summed E-state index contributed by atoms with van der Waals surface area (Å²) in [6.45, 7) is 0.713. The van der Waals surface area contributed by atoms with Gasteiger partial charge in [-0.25, -0.2) is 4.99 Å². The van der Waals surface area contributed by atoms with Crippen molar-refractivity contribution in [3.63, 3.8) is 0 Å². The fourth-order valence-corrected chi connectivity index (χ4v) is 2.96. The van der Waals surface area contributed by atoms with Crippen LogP contribution in [0.5, 0.6) is 0 Å². The quantitative estimate of drug-likeness (QED) is 0.774. The Bertz CT molecular complexity index is 772. The van der Waals surface area contributed by atoms with Crippen LogP contribution in [0.4, 0.5) is 0 Å². The van der Waals surface area contributed by atoms with Gasteiger partial charge in [0.25, 0.3) is 5.91 Å². The van der Waals surface area contributed by atoms with Gasteiger partial charge in [-0.05, 0) is 46.5 Å². The second-order valence-electron chi connectivity index (χ2n) is 5.65. The molecule has 3 aliphatic rings. The van der Waals surface area contributed by atoms with Crippen LogP contribution in [0, 0.1) is 5.92 Å². The molecule has 0 bridgehead atoms. The lowest BCUT2D eigenvalue weighted by Crippen LogP contribution is -2.24. The van der Waals surface area contributed by atoms with Crippen molar-refractivity contribution in [1.29, 1.82) is 0 Å². The number of hydrogen-bond acceptors (Lipinski definition) is 2. The van der Waals surface area contributed by atoms with Crippen LogP contribution in [0.3, 0.4) is 0 Å². The van der Waals surface area contributed by atoms with Crippen molar-refractivity contribution in [2.75, 3.05) is 0 Å². The number of aliphatic imine (C=N–C) groups is 2. The first-order chi connectivity index (χ1) is 10.7. The smallest absolute Gasteiger partial charge is 0.250 e. The molecule has 0 unspecified atom stereocenters. The molecule has 1 aromatic rings. The Hall–Kier alpha value is -2.01. The molecule has 0 saturated heterocycles. The number of halogens is 1. The van der Waals surface area contributed by atoms with Crippen molar-refractivity contribution in [1.82, 2.24) is 4.90 Å². The van der Waals surface area contributed by atoms with E-state index in [1.165, 1.54) is 0 Å². The average Bonchev–Trinajstić information content (AvgIpc) is 3.34. The molecule has 0 N–H and O–H groups in total. The molecular formula is C17H14BrN3O. The largest absolute Gasteiger partial charge is 0.327 e. The van der Waals surface area contributed by atoms with Crippen LogP contribution in [0.25, 0.3) is 0 Å². The highest BCUT2D eigenvalue weighted by atomic mass is 79.9. The van der Waals surface area contributed by atoms with Crippen LogP contribution < -0.4 is 0 Å². The minimum absolute atomic E-state index is 0.0425. The lowest BCUT2D eigenvalue weighted by molar-refractivity contribution is -0.118. The Morgan fingerprint density at radius 2 is 2.09 bits per heavy atom. The number of carbonyl (C=O) groups is 1. The molecule has 1 saturated carbocycles. The van der Waals surface area contributed by atoms with Gasteiger partial charge in [0.2, 0.25) is 0 Å². The zero-order valence-corrected chi connectivity index (χ0v) is 13.5. The Morgan fingerprint density at radius 3 is 2.91 bits per heavy atom. The predicted molar refractivity (Wildman–Crippen MR) is 89.8 cm³/mol. The van der Waals surface area contributed by atoms with Gasteiger partial charge < -0.3 is 4.90 Å². The Labute approximate surface area is 137 Å². The third-order valence-corrected chi connectivity index (χ3v) is 4.40. The maximum Gasteiger partial charge on any atom is 0.250 e. The maximum absolute atomic E-state index is 12.1. The number of benzene rings is 1. The van der Waals surface area contributed by atoms with E-state index >= 15 is 0 Å². The topological polar surface area (TPSA) is 45.0 Å². The van der Waals surface area contributed by atoms with E-state index in [9.17, 15) is 4.79 Å². The van der Waals surface area contributed by atoms with Crippen LogP contribution >= 0.6 is 15.9 Å². The van der Waals surface area contributed by atoms with Crippen LogP contribution in [-0.2, 0) is 11.3 Å². The molecule has 0 radical (unpaired) electrons. The molecule has 0 aromatic heterocycles. The highest BCUT2D eigenvalue weighted by molar-refractivity contribution is 9.11. The molecule has 0 atom stereocenters. The maximum atomic E-state index is 12.1. The van der Waals surface area contributed by atoms with Gasteiger partial charge in [-0.2, -0.15) is 4.99 Å². The Balaban J connectivity index is 1.83. The normalized spacial score (nSPS) is 21.7. The summed E-state index contributed by atoms with van der Waals surface area (Å²) in [5.74, 6) is 1.40. The van der Waals surface area contributed by atoms with Crippen LogP contribution in [0.1, 0.15) is 24.0 Å². The van der Waals surface area contributed by atoms with Crippen molar-refractivity contribution in [2.24, 2.45) is 15.9 Å². The predicted octanol–water partition coefficient (Wildman–Crippen LogP) is 3.39.